The van der Waals surface area contributed by atoms with Gasteiger partial charge in [-0.2, -0.15) is 0 Å². The molecule has 1 aliphatic heterocycles. The second kappa shape index (κ2) is 7.29. The Bertz CT molecular complexity index is 895. The van der Waals surface area contributed by atoms with E-state index in [0.29, 0.717) is 20.8 Å². The highest BCUT2D eigenvalue weighted by molar-refractivity contribution is 8.18. The van der Waals surface area contributed by atoms with E-state index >= 15 is 0 Å². The SMILES string of the molecule is CN1C(=O)/C(=C/c2ccc(C(C)(C)C)cc2)SC1=Nc1ccccc1Cl. The first-order valence-electron chi connectivity index (χ1n) is 8.37. The number of hydrogen-bond acceptors (Lipinski definition) is 3. The molecule has 0 spiro atoms. The van der Waals surface area contributed by atoms with Gasteiger partial charge in [-0.25, -0.2) is 4.99 Å². The van der Waals surface area contributed by atoms with Crippen molar-refractivity contribution < 1.29 is 4.79 Å². The Morgan fingerprint density at radius 1 is 1.08 bits per heavy atom. The summed E-state index contributed by atoms with van der Waals surface area (Å²) in [5.41, 5.74) is 3.04. The Balaban J connectivity index is 1.87. The number of carbonyl (C=O) groups excluding carboxylic acids is 1. The lowest BCUT2D eigenvalue weighted by molar-refractivity contribution is -0.121. The topological polar surface area (TPSA) is 32.7 Å². The first-order chi connectivity index (χ1) is 12.3. The van der Waals surface area contributed by atoms with E-state index in [-0.39, 0.29) is 11.3 Å². The fourth-order valence-corrected chi connectivity index (χ4v) is 3.69. The van der Waals surface area contributed by atoms with Crippen molar-refractivity contribution in [2.24, 2.45) is 4.99 Å². The van der Waals surface area contributed by atoms with Crippen LogP contribution >= 0.6 is 23.4 Å². The quantitative estimate of drug-likeness (QED) is 0.606. The molecule has 5 heteroatoms. The molecule has 3 rings (SSSR count). The molecule has 1 fully saturated rings. The Labute approximate surface area is 163 Å². The summed E-state index contributed by atoms with van der Waals surface area (Å²) in [4.78, 5) is 19.3. The standard InChI is InChI=1S/C21H21ClN2OS/c1-21(2,3)15-11-9-14(10-12-15)13-18-19(25)24(4)20(26-18)23-17-8-6-5-7-16(17)22/h5-13H,1-4H3/b18-13-,23-20?. The summed E-state index contributed by atoms with van der Waals surface area (Å²) < 4.78 is 0. The predicted molar refractivity (Wildman–Crippen MR) is 112 cm³/mol. The fraction of sp³-hybridized carbons (Fsp3) is 0.238. The van der Waals surface area contributed by atoms with E-state index in [1.165, 1.54) is 17.3 Å². The largest absolute Gasteiger partial charge is 0.290 e. The summed E-state index contributed by atoms with van der Waals surface area (Å²) in [5, 5.41) is 1.19. The number of amides is 1. The van der Waals surface area contributed by atoms with Gasteiger partial charge in [-0.3, -0.25) is 9.69 Å². The van der Waals surface area contributed by atoms with E-state index in [1.807, 2.05) is 36.4 Å². The number of thioether (sulfide) groups is 1. The van der Waals surface area contributed by atoms with Crippen LogP contribution in [0.1, 0.15) is 31.9 Å². The van der Waals surface area contributed by atoms with Gasteiger partial charge in [0.25, 0.3) is 5.91 Å². The number of amidine groups is 1. The smallest absolute Gasteiger partial charge is 0.266 e. The van der Waals surface area contributed by atoms with Gasteiger partial charge in [-0.15, -0.1) is 0 Å². The van der Waals surface area contributed by atoms with Gasteiger partial charge in [0.05, 0.1) is 15.6 Å². The lowest BCUT2D eigenvalue weighted by Crippen LogP contribution is -2.23. The van der Waals surface area contributed by atoms with Crippen molar-refractivity contribution in [3.63, 3.8) is 0 Å². The summed E-state index contributed by atoms with van der Waals surface area (Å²) in [6.45, 7) is 6.55. The van der Waals surface area contributed by atoms with E-state index in [9.17, 15) is 4.79 Å². The third-order valence-electron chi connectivity index (χ3n) is 4.15. The average molecular weight is 385 g/mol. The van der Waals surface area contributed by atoms with Gasteiger partial charge < -0.3 is 0 Å². The van der Waals surface area contributed by atoms with Crippen LogP contribution < -0.4 is 0 Å². The summed E-state index contributed by atoms with van der Waals surface area (Å²) >= 11 is 7.53. The maximum Gasteiger partial charge on any atom is 0.266 e. The number of rotatable bonds is 2. The molecule has 1 saturated heterocycles. The summed E-state index contributed by atoms with van der Waals surface area (Å²) in [5.74, 6) is -0.0549. The van der Waals surface area contributed by atoms with Crippen molar-refractivity contribution in [1.29, 1.82) is 0 Å². The van der Waals surface area contributed by atoms with Crippen molar-refractivity contribution in [3.8, 4) is 0 Å². The minimum atomic E-state index is -0.0549. The normalized spacial score (nSPS) is 18.2. The molecule has 0 unspecified atom stereocenters. The molecule has 0 N–H and O–H groups in total. The van der Waals surface area contributed by atoms with E-state index in [2.05, 4.69) is 37.9 Å². The van der Waals surface area contributed by atoms with E-state index < -0.39 is 0 Å². The van der Waals surface area contributed by atoms with Crippen LogP contribution in [0.15, 0.2) is 58.4 Å². The maximum absolute atomic E-state index is 12.5. The molecule has 3 nitrogen and oxygen atoms in total. The number of benzene rings is 2. The molecule has 0 aromatic heterocycles. The highest BCUT2D eigenvalue weighted by Crippen LogP contribution is 2.35. The molecule has 1 amide bonds. The molecule has 1 aliphatic rings. The zero-order valence-electron chi connectivity index (χ0n) is 15.3. The molecule has 134 valence electrons. The number of para-hydroxylation sites is 1. The van der Waals surface area contributed by atoms with Gasteiger partial charge in [0.15, 0.2) is 5.17 Å². The highest BCUT2D eigenvalue weighted by atomic mass is 35.5. The molecule has 0 saturated carbocycles. The molecular weight excluding hydrogens is 364 g/mol. The molecule has 0 atom stereocenters. The van der Waals surface area contributed by atoms with Crippen molar-refractivity contribution in [1.82, 2.24) is 4.90 Å². The van der Waals surface area contributed by atoms with Crippen LogP contribution in [0.3, 0.4) is 0 Å². The first kappa shape index (κ1) is 18.7. The Morgan fingerprint density at radius 2 is 1.73 bits per heavy atom. The number of carbonyl (C=O) groups is 1. The summed E-state index contributed by atoms with van der Waals surface area (Å²) in [7, 11) is 1.73. The lowest BCUT2D eigenvalue weighted by atomic mass is 9.87. The maximum atomic E-state index is 12.5. The van der Waals surface area contributed by atoms with Crippen LogP contribution in [-0.2, 0) is 10.2 Å². The van der Waals surface area contributed by atoms with Gasteiger partial charge in [-0.1, -0.05) is 68.8 Å². The zero-order valence-corrected chi connectivity index (χ0v) is 16.9. The number of aliphatic imine (C=N–C) groups is 1. The number of nitrogens with zero attached hydrogens (tertiary/aromatic N) is 2. The number of likely N-dealkylation sites (N-methyl/N-ethyl adjacent to an activating group) is 1. The van der Waals surface area contributed by atoms with Crippen molar-refractivity contribution >= 4 is 46.2 Å². The average Bonchev–Trinajstić information content (AvgIpc) is 2.85. The van der Waals surface area contributed by atoms with Crippen LogP contribution in [0.2, 0.25) is 5.02 Å². The molecule has 26 heavy (non-hydrogen) atoms. The minimum Gasteiger partial charge on any atom is -0.290 e. The van der Waals surface area contributed by atoms with Gasteiger partial charge in [0, 0.05) is 7.05 Å². The van der Waals surface area contributed by atoms with Crippen molar-refractivity contribution in [3.05, 3.63) is 69.6 Å². The Morgan fingerprint density at radius 3 is 2.35 bits per heavy atom. The van der Waals surface area contributed by atoms with Crippen LogP contribution in [-0.4, -0.2) is 23.0 Å². The molecule has 2 aromatic rings. The second-order valence-electron chi connectivity index (χ2n) is 7.19. The van der Waals surface area contributed by atoms with E-state index in [4.69, 9.17) is 11.6 Å². The van der Waals surface area contributed by atoms with Crippen molar-refractivity contribution in [2.75, 3.05) is 7.05 Å². The van der Waals surface area contributed by atoms with Crippen LogP contribution in [0.4, 0.5) is 5.69 Å². The third-order valence-corrected chi connectivity index (χ3v) is 5.53. The van der Waals surface area contributed by atoms with E-state index in [1.54, 1.807) is 18.0 Å². The minimum absolute atomic E-state index is 0.0549. The third kappa shape index (κ3) is 4.02. The molecule has 2 aromatic carbocycles. The fourth-order valence-electron chi connectivity index (χ4n) is 2.53. The zero-order chi connectivity index (χ0) is 18.9. The molecule has 0 bridgehead atoms. The Kier molecular flexibility index (Phi) is 5.26. The van der Waals surface area contributed by atoms with Gasteiger partial charge in [0.1, 0.15) is 0 Å². The van der Waals surface area contributed by atoms with Crippen LogP contribution in [0, 0.1) is 0 Å². The number of halogens is 1. The van der Waals surface area contributed by atoms with Crippen LogP contribution in [0.25, 0.3) is 6.08 Å². The predicted octanol–water partition coefficient (Wildman–Crippen LogP) is 5.87. The monoisotopic (exact) mass is 384 g/mol. The van der Waals surface area contributed by atoms with Crippen LogP contribution in [0.5, 0.6) is 0 Å². The lowest BCUT2D eigenvalue weighted by Gasteiger charge is -2.18. The molecule has 0 radical (unpaired) electrons. The van der Waals surface area contributed by atoms with Gasteiger partial charge >= 0.3 is 0 Å². The van der Waals surface area contributed by atoms with E-state index in [0.717, 1.165) is 5.56 Å². The van der Waals surface area contributed by atoms with Gasteiger partial charge in [-0.05, 0) is 46.5 Å². The first-order valence-corrected chi connectivity index (χ1v) is 9.56. The molecular formula is C21H21ClN2OS. The molecule has 1 heterocycles. The summed E-state index contributed by atoms with van der Waals surface area (Å²) in [6, 6.07) is 15.7. The Hall–Kier alpha value is -2.04. The van der Waals surface area contributed by atoms with Gasteiger partial charge in [0.2, 0.25) is 0 Å². The molecule has 0 aliphatic carbocycles. The summed E-state index contributed by atoms with van der Waals surface area (Å²) in [6.07, 6.45) is 1.91. The van der Waals surface area contributed by atoms with Crippen molar-refractivity contribution in [2.45, 2.75) is 26.2 Å². The number of hydrogen-bond donors (Lipinski definition) is 0. The second-order valence-corrected chi connectivity index (χ2v) is 8.61. The highest BCUT2D eigenvalue weighted by Gasteiger charge is 2.30.